The van der Waals surface area contributed by atoms with E-state index in [0.717, 1.165) is 5.56 Å². The van der Waals surface area contributed by atoms with Crippen LogP contribution in [0.15, 0.2) is 57.0 Å². The van der Waals surface area contributed by atoms with E-state index in [4.69, 9.17) is 14.3 Å². The largest absolute Gasteiger partial charge is 0.504 e. The van der Waals surface area contributed by atoms with E-state index in [1.54, 1.807) is 37.4 Å². The minimum Gasteiger partial charge on any atom is -0.504 e. The standard InChI is InChI=1S/C22H22N4O5S/c1-5-30-18-12-15(8-11-17(18)27)19(21(32-4)25-22(28)29-3)24-16-9-6-14(7-10-16)20-23-13(2)31-26-20/h6-12,27H,5H2,1-4H3. The predicted molar refractivity (Wildman–Crippen MR) is 123 cm³/mol. The molecule has 32 heavy (non-hydrogen) atoms. The molecule has 1 N–H and O–H groups in total. The highest BCUT2D eigenvalue weighted by Crippen LogP contribution is 2.29. The number of aryl methyl sites for hydroxylation is 1. The molecule has 0 radical (unpaired) electrons. The van der Waals surface area contributed by atoms with Gasteiger partial charge in [-0.2, -0.15) is 9.98 Å². The Morgan fingerprint density at radius 3 is 2.56 bits per heavy atom. The molecule has 0 atom stereocenters. The lowest BCUT2D eigenvalue weighted by Crippen LogP contribution is -2.14. The summed E-state index contributed by atoms with van der Waals surface area (Å²) in [4.78, 5) is 24.8. The van der Waals surface area contributed by atoms with Gasteiger partial charge in [-0.1, -0.05) is 5.16 Å². The van der Waals surface area contributed by atoms with E-state index >= 15 is 0 Å². The molecular formula is C22H22N4O5S. The Bertz CT molecular complexity index is 1160. The molecule has 0 saturated heterocycles. The van der Waals surface area contributed by atoms with E-state index in [-0.39, 0.29) is 5.75 Å². The summed E-state index contributed by atoms with van der Waals surface area (Å²) < 4.78 is 15.2. The maximum absolute atomic E-state index is 11.8. The topological polar surface area (TPSA) is 119 Å². The number of hydrogen-bond donors (Lipinski definition) is 1. The first kappa shape index (κ1) is 23.0. The molecule has 0 bridgehead atoms. The molecule has 0 spiro atoms. The van der Waals surface area contributed by atoms with Gasteiger partial charge in [0.05, 0.1) is 19.4 Å². The Balaban J connectivity index is 2.07. The van der Waals surface area contributed by atoms with Gasteiger partial charge in [-0.25, -0.2) is 9.79 Å². The summed E-state index contributed by atoms with van der Waals surface area (Å²) in [6, 6.07) is 12.1. The van der Waals surface area contributed by atoms with Crippen LogP contribution < -0.4 is 4.74 Å². The molecule has 3 aromatic rings. The fourth-order valence-corrected chi connectivity index (χ4v) is 3.25. The highest BCUT2D eigenvalue weighted by atomic mass is 32.2. The van der Waals surface area contributed by atoms with Crippen molar-refractivity contribution in [2.45, 2.75) is 13.8 Å². The van der Waals surface area contributed by atoms with Gasteiger partial charge in [-0.05, 0) is 55.6 Å². The Morgan fingerprint density at radius 1 is 1.22 bits per heavy atom. The normalized spacial score (nSPS) is 12.0. The quantitative estimate of drug-likeness (QED) is 0.417. The number of carbonyl (C=O) groups is 1. The third-order valence-electron chi connectivity index (χ3n) is 4.19. The number of aromatic hydroxyl groups is 1. The third kappa shape index (κ3) is 5.52. The van der Waals surface area contributed by atoms with Crippen molar-refractivity contribution in [3.05, 3.63) is 53.9 Å². The Kier molecular flexibility index (Phi) is 7.61. The maximum Gasteiger partial charge on any atom is 0.434 e. The number of phenols is 1. The van der Waals surface area contributed by atoms with E-state index in [9.17, 15) is 9.90 Å². The van der Waals surface area contributed by atoms with Crippen molar-refractivity contribution in [2.75, 3.05) is 20.0 Å². The minimum absolute atomic E-state index is 0.00492. The summed E-state index contributed by atoms with van der Waals surface area (Å²) in [5.41, 5.74) is 2.42. The zero-order chi connectivity index (χ0) is 23.1. The summed E-state index contributed by atoms with van der Waals surface area (Å²) in [6.07, 6.45) is 1.04. The summed E-state index contributed by atoms with van der Waals surface area (Å²) >= 11 is 1.24. The Labute approximate surface area is 189 Å². The van der Waals surface area contributed by atoms with Crippen LogP contribution in [0.25, 0.3) is 11.4 Å². The van der Waals surface area contributed by atoms with Crippen LogP contribution in [0.3, 0.4) is 0 Å². The van der Waals surface area contributed by atoms with Gasteiger partial charge in [-0.3, -0.25) is 0 Å². The second-order valence-corrected chi connectivity index (χ2v) is 7.15. The monoisotopic (exact) mass is 454 g/mol. The number of aliphatic imine (C=N–C) groups is 2. The van der Waals surface area contributed by atoms with Crippen LogP contribution in [0, 0.1) is 6.92 Å². The molecule has 1 aromatic heterocycles. The fourth-order valence-electron chi connectivity index (χ4n) is 2.72. The Hall–Kier alpha value is -3.66. The summed E-state index contributed by atoms with van der Waals surface area (Å²) in [7, 11) is 1.26. The number of phenolic OH excluding ortho intramolecular Hbond substituents is 1. The van der Waals surface area contributed by atoms with Crippen molar-refractivity contribution in [1.29, 1.82) is 0 Å². The second-order valence-electron chi connectivity index (χ2n) is 6.35. The number of rotatable bonds is 6. The molecule has 166 valence electrons. The molecule has 0 fully saturated rings. The number of hydrogen-bond acceptors (Lipinski definition) is 9. The number of amides is 1. The number of thioether (sulfide) groups is 1. The molecule has 9 nitrogen and oxygen atoms in total. The minimum atomic E-state index is -0.742. The van der Waals surface area contributed by atoms with Crippen molar-refractivity contribution >= 4 is 34.3 Å². The lowest BCUT2D eigenvalue weighted by atomic mass is 10.1. The SMILES string of the molecule is CCOc1cc(C(=Nc2ccc(-c3noc(C)n3)cc2)C(=NC(=O)OC)SC)ccc1O. The van der Waals surface area contributed by atoms with E-state index in [0.29, 0.717) is 46.1 Å². The number of aromatic nitrogens is 2. The molecule has 0 saturated carbocycles. The van der Waals surface area contributed by atoms with Crippen LogP contribution in [0.4, 0.5) is 10.5 Å². The third-order valence-corrected chi connectivity index (χ3v) is 4.86. The molecule has 0 aliphatic carbocycles. The zero-order valence-corrected chi connectivity index (χ0v) is 18.8. The van der Waals surface area contributed by atoms with Crippen LogP contribution in [0.2, 0.25) is 0 Å². The van der Waals surface area contributed by atoms with Crippen molar-refractivity contribution in [1.82, 2.24) is 10.1 Å². The molecule has 2 aromatic carbocycles. The first-order valence-corrected chi connectivity index (χ1v) is 10.8. The molecular weight excluding hydrogens is 432 g/mol. The van der Waals surface area contributed by atoms with Crippen molar-refractivity contribution in [3.8, 4) is 22.9 Å². The highest BCUT2D eigenvalue weighted by Gasteiger charge is 2.17. The maximum atomic E-state index is 11.8. The fraction of sp³-hybridized carbons (Fsp3) is 0.227. The summed E-state index contributed by atoms with van der Waals surface area (Å²) in [5, 5.41) is 14.3. The van der Waals surface area contributed by atoms with Crippen molar-refractivity contribution < 1.29 is 23.9 Å². The number of ether oxygens (including phenoxy) is 2. The smallest absolute Gasteiger partial charge is 0.434 e. The molecule has 1 amide bonds. The first-order valence-electron chi connectivity index (χ1n) is 9.61. The first-order chi connectivity index (χ1) is 15.4. The van der Waals surface area contributed by atoms with Gasteiger partial charge in [0.15, 0.2) is 11.5 Å². The van der Waals surface area contributed by atoms with Gasteiger partial charge in [0.1, 0.15) is 10.8 Å². The molecule has 10 heteroatoms. The molecule has 0 aliphatic heterocycles. The molecule has 0 aliphatic rings. The Morgan fingerprint density at radius 2 is 1.97 bits per heavy atom. The number of benzene rings is 2. The molecule has 0 unspecified atom stereocenters. The number of carbonyl (C=O) groups excluding carboxylic acids is 1. The van der Waals surface area contributed by atoms with E-state index in [2.05, 4.69) is 19.9 Å². The molecule has 3 rings (SSSR count). The van der Waals surface area contributed by atoms with Crippen LogP contribution in [-0.2, 0) is 4.74 Å². The average molecular weight is 455 g/mol. The van der Waals surface area contributed by atoms with Crippen LogP contribution in [0.1, 0.15) is 18.4 Å². The lowest BCUT2D eigenvalue weighted by molar-refractivity contribution is 0.183. The van der Waals surface area contributed by atoms with Crippen LogP contribution in [-0.4, -0.2) is 52.1 Å². The average Bonchev–Trinajstić information content (AvgIpc) is 3.24. The summed E-state index contributed by atoms with van der Waals surface area (Å²) in [6.45, 7) is 3.92. The predicted octanol–water partition coefficient (Wildman–Crippen LogP) is 4.80. The van der Waals surface area contributed by atoms with Crippen molar-refractivity contribution in [3.63, 3.8) is 0 Å². The second kappa shape index (κ2) is 10.6. The number of nitrogens with zero attached hydrogens (tertiary/aromatic N) is 4. The van der Waals surface area contributed by atoms with Crippen LogP contribution >= 0.6 is 11.8 Å². The van der Waals surface area contributed by atoms with Gasteiger partial charge >= 0.3 is 6.09 Å². The lowest BCUT2D eigenvalue weighted by Gasteiger charge is -2.12. The molecule has 1 heterocycles. The van der Waals surface area contributed by atoms with E-state index in [1.807, 2.05) is 19.1 Å². The van der Waals surface area contributed by atoms with Gasteiger partial charge in [0, 0.05) is 18.1 Å². The van der Waals surface area contributed by atoms with Gasteiger partial charge in [0.2, 0.25) is 11.7 Å². The van der Waals surface area contributed by atoms with Gasteiger partial charge < -0.3 is 19.1 Å². The number of methoxy groups -OCH3 is 1. The zero-order valence-electron chi connectivity index (χ0n) is 18.0. The van der Waals surface area contributed by atoms with Gasteiger partial charge in [0.25, 0.3) is 0 Å². The van der Waals surface area contributed by atoms with E-state index < -0.39 is 6.09 Å². The van der Waals surface area contributed by atoms with Crippen molar-refractivity contribution in [2.24, 2.45) is 9.98 Å². The van der Waals surface area contributed by atoms with Gasteiger partial charge in [-0.15, -0.1) is 11.8 Å². The van der Waals surface area contributed by atoms with E-state index in [1.165, 1.54) is 24.9 Å². The summed E-state index contributed by atoms with van der Waals surface area (Å²) in [5.74, 6) is 1.27. The van der Waals surface area contributed by atoms with Crippen LogP contribution in [0.5, 0.6) is 11.5 Å². The highest BCUT2D eigenvalue weighted by molar-refractivity contribution is 8.15.